The lowest BCUT2D eigenvalue weighted by molar-refractivity contribution is 0.292. The van der Waals surface area contributed by atoms with Crippen molar-refractivity contribution in [1.82, 2.24) is 10.6 Å². The van der Waals surface area contributed by atoms with Crippen molar-refractivity contribution in [2.45, 2.75) is 13.0 Å². The summed E-state index contributed by atoms with van der Waals surface area (Å²) < 4.78 is 10.5. The topological polar surface area (TPSA) is 62.8 Å². The quantitative estimate of drug-likeness (QED) is 0.571. The zero-order valence-electron chi connectivity index (χ0n) is 12.0. The molecule has 1 aromatic rings. The number of ether oxygens (including phenoxy) is 2. The van der Waals surface area contributed by atoms with Gasteiger partial charge >= 0.3 is 0 Å². The second kappa shape index (κ2) is 9.83. The van der Waals surface area contributed by atoms with Gasteiger partial charge in [0.25, 0.3) is 0 Å². The lowest BCUT2D eigenvalue weighted by Gasteiger charge is -2.12. The van der Waals surface area contributed by atoms with Gasteiger partial charge in [-0.3, -0.25) is 0 Å². The van der Waals surface area contributed by atoms with Gasteiger partial charge in [0.2, 0.25) is 0 Å². The molecule has 0 aliphatic rings. The van der Waals surface area contributed by atoms with E-state index < -0.39 is 0 Å². The average molecular weight is 303 g/mol. The van der Waals surface area contributed by atoms with Crippen LogP contribution in [0.15, 0.2) is 12.1 Å². The fraction of sp³-hybridized carbons (Fsp3) is 0.571. The molecule has 114 valence electrons. The van der Waals surface area contributed by atoms with Gasteiger partial charge in [0.05, 0.1) is 20.8 Å². The van der Waals surface area contributed by atoms with E-state index in [9.17, 15) is 0 Å². The fourth-order valence-corrected chi connectivity index (χ4v) is 2.02. The lowest BCUT2D eigenvalue weighted by atomic mass is 10.2. The minimum atomic E-state index is 0.175. The predicted molar refractivity (Wildman–Crippen MR) is 80.8 cm³/mol. The first-order chi connectivity index (χ1) is 9.72. The molecule has 0 saturated carbocycles. The van der Waals surface area contributed by atoms with E-state index in [1.165, 1.54) is 0 Å². The van der Waals surface area contributed by atoms with Crippen LogP contribution in [0.25, 0.3) is 0 Å². The van der Waals surface area contributed by atoms with Gasteiger partial charge in [-0.1, -0.05) is 11.6 Å². The maximum Gasteiger partial charge on any atom is 0.162 e. The van der Waals surface area contributed by atoms with Crippen LogP contribution in [0.5, 0.6) is 11.5 Å². The first-order valence-corrected chi connectivity index (χ1v) is 7.03. The van der Waals surface area contributed by atoms with Crippen LogP contribution in [0.3, 0.4) is 0 Å². The Labute approximate surface area is 125 Å². The van der Waals surface area contributed by atoms with Gasteiger partial charge in [-0.2, -0.15) is 0 Å². The van der Waals surface area contributed by atoms with Gasteiger partial charge < -0.3 is 25.2 Å². The van der Waals surface area contributed by atoms with Crippen LogP contribution in [0.4, 0.5) is 0 Å². The molecular formula is C14H23ClN2O3. The minimum absolute atomic E-state index is 0.175. The molecule has 0 unspecified atom stereocenters. The van der Waals surface area contributed by atoms with Crippen LogP contribution >= 0.6 is 11.6 Å². The van der Waals surface area contributed by atoms with E-state index in [4.69, 9.17) is 26.2 Å². The smallest absolute Gasteiger partial charge is 0.162 e. The number of benzene rings is 1. The molecule has 20 heavy (non-hydrogen) atoms. The summed E-state index contributed by atoms with van der Waals surface area (Å²) in [6.45, 7) is 3.26. The Hall–Kier alpha value is -1.01. The molecule has 0 bridgehead atoms. The molecule has 0 radical (unpaired) electrons. The van der Waals surface area contributed by atoms with E-state index in [2.05, 4.69) is 10.6 Å². The molecule has 0 atom stereocenters. The molecule has 0 aromatic heterocycles. The molecule has 1 rings (SSSR count). The summed E-state index contributed by atoms with van der Waals surface area (Å²) in [6, 6.07) is 3.65. The van der Waals surface area contributed by atoms with E-state index in [0.29, 0.717) is 29.6 Å². The molecule has 0 fully saturated rings. The summed E-state index contributed by atoms with van der Waals surface area (Å²) in [4.78, 5) is 0. The largest absolute Gasteiger partial charge is 0.493 e. The molecule has 0 amide bonds. The summed E-state index contributed by atoms with van der Waals surface area (Å²) >= 11 is 6.20. The molecular weight excluding hydrogens is 280 g/mol. The van der Waals surface area contributed by atoms with Crippen LogP contribution in [-0.2, 0) is 6.54 Å². The van der Waals surface area contributed by atoms with E-state index in [0.717, 1.165) is 25.1 Å². The summed E-state index contributed by atoms with van der Waals surface area (Å²) in [5, 5.41) is 15.7. The molecule has 0 aliphatic heterocycles. The van der Waals surface area contributed by atoms with Gasteiger partial charge in [-0.25, -0.2) is 0 Å². The first kappa shape index (κ1) is 17.0. The van der Waals surface area contributed by atoms with Gasteiger partial charge in [0, 0.05) is 24.2 Å². The maximum atomic E-state index is 8.63. The first-order valence-electron chi connectivity index (χ1n) is 6.65. The Balaban J connectivity index is 2.40. The second-order valence-electron chi connectivity index (χ2n) is 4.30. The fourth-order valence-electron chi connectivity index (χ4n) is 1.80. The summed E-state index contributed by atoms with van der Waals surface area (Å²) in [6.07, 6.45) is 0.991. The standard InChI is InChI=1S/C14H23ClN2O3/c1-19-13-8-11(12(15)9-14(13)20-2)10-17-5-3-4-16-6-7-18/h8-9,16-18H,3-7,10H2,1-2H3. The number of halogens is 1. The Morgan fingerprint density at radius 3 is 2.35 bits per heavy atom. The highest BCUT2D eigenvalue weighted by Gasteiger charge is 2.09. The van der Waals surface area contributed by atoms with Crippen molar-refractivity contribution in [1.29, 1.82) is 0 Å². The van der Waals surface area contributed by atoms with Crippen molar-refractivity contribution in [2.24, 2.45) is 0 Å². The van der Waals surface area contributed by atoms with Crippen molar-refractivity contribution in [2.75, 3.05) is 40.5 Å². The number of hydrogen-bond acceptors (Lipinski definition) is 5. The lowest BCUT2D eigenvalue weighted by Crippen LogP contribution is -2.23. The number of hydrogen-bond donors (Lipinski definition) is 3. The molecule has 5 nitrogen and oxygen atoms in total. The zero-order chi connectivity index (χ0) is 14.8. The number of rotatable bonds is 10. The number of methoxy groups -OCH3 is 2. The number of nitrogens with one attached hydrogen (secondary N) is 2. The number of aliphatic hydroxyl groups is 1. The molecule has 6 heteroatoms. The van der Waals surface area contributed by atoms with Crippen molar-refractivity contribution in [3.05, 3.63) is 22.7 Å². The molecule has 0 heterocycles. The van der Waals surface area contributed by atoms with Crippen LogP contribution in [-0.4, -0.2) is 45.6 Å². The molecule has 0 spiro atoms. The summed E-state index contributed by atoms with van der Waals surface area (Å²) in [7, 11) is 3.20. The molecule has 0 saturated heterocycles. The highest BCUT2D eigenvalue weighted by Crippen LogP contribution is 2.32. The van der Waals surface area contributed by atoms with Crippen molar-refractivity contribution in [3.8, 4) is 11.5 Å². The predicted octanol–water partition coefficient (Wildman–Crippen LogP) is 1.42. The number of aliphatic hydroxyl groups excluding tert-OH is 1. The van der Waals surface area contributed by atoms with E-state index in [-0.39, 0.29) is 6.61 Å². The van der Waals surface area contributed by atoms with Crippen molar-refractivity contribution in [3.63, 3.8) is 0 Å². The normalized spacial score (nSPS) is 10.6. The monoisotopic (exact) mass is 302 g/mol. The Bertz CT molecular complexity index is 402. The Morgan fingerprint density at radius 2 is 1.70 bits per heavy atom. The highest BCUT2D eigenvalue weighted by atomic mass is 35.5. The third-order valence-corrected chi connectivity index (χ3v) is 3.22. The Kier molecular flexibility index (Phi) is 8.37. The van der Waals surface area contributed by atoms with Crippen molar-refractivity contribution < 1.29 is 14.6 Å². The van der Waals surface area contributed by atoms with E-state index >= 15 is 0 Å². The van der Waals surface area contributed by atoms with Crippen molar-refractivity contribution >= 4 is 11.6 Å². The van der Waals surface area contributed by atoms with Gasteiger partial charge in [0.1, 0.15) is 0 Å². The zero-order valence-corrected chi connectivity index (χ0v) is 12.8. The molecule has 3 N–H and O–H groups in total. The third kappa shape index (κ3) is 5.54. The SMILES string of the molecule is COc1cc(Cl)c(CNCCCNCCO)cc1OC. The van der Waals surface area contributed by atoms with Gasteiger partial charge in [-0.05, 0) is 31.1 Å². The van der Waals surface area contributed by atoms with E-state index in [1.807, 2.05) is 6.07 Å². The van der Waals surface area contributed by atoms with Gasteiger partial charge in [-0.15, -0.1) is 0 Å². The van der Waals surface area contributed by atoms with Crippen LogP contribution in [0, 0.1) is 0 Å². The van der Waals surface area contributed by atoms with E-state index in [1.54, 1.807) is 20.3 Å². The van der Waals surface area contributed by atoms with Crippen LogP contribution < -0.4 is 20.1 Å². The molecule has 1 aromatic carbocycles. The second-order valence-corrected chi connectivity index (χ2v) is 4.71. The third-order valence-electron chi connectivity index (χ3n) is 2.86. The molecule has 0 aliphatic carbocycles. The summed E-state index contributed by atoms with van der Waals surface area (Å²) in [5.74, 6) is 1.31. The van der Waals surface area contributed by atoms with Crippen LogP contribution in [0.2, 0.25) is 5.02 Å². The van der Waals surface area contributed by atoms with Gasteiger partial charge in [0.15, 0.2) is 11.5 Å². The highest BCUT2D eigenvalue weighted by molar-refractivity contribution is 6.31. The average Bonchev–Trinajstić information content (AvgIpc) is 2.47. The minimum Gasteiger partial charge on any atom is -0.493 e. The van der Waals surface area contributed by atoms with Crippen LogP contribution in [0.1, 0.15) is 12.0 Å². The Morgan fingerprint density at radius 1 is 1.05 bits per heavy atom. The summed E-state index contributed by atoms with van der Waals surface area (Å²) in [5.41, 5.74) is 0.979. The maximum absolute atomic E-state index is 8.63.